The van der Waals surface area contributed by atoms with E-state index in [-0.39, 0.29) is 22.2 Å². The Morgan fingerprint density at radius 1 is 1.19 bits per heavy atom. The predicted octanol–water partition coefficient (Wildman–Crippen LogP) is 1.66. The van der Waals surface area contributed by atoms with Crippen molar-refractivity contribution in [1.82, 2.24) is 14.5 Å². The van der Waals surface area contributed by atoms with Crippen molar-refractivity contribution in [2.24, 2.45) is 0 Å². The van der Waals surface area contributed by atoms with Crippen LogP contribution in [0.25, 0.3) is 0 Å². The first kappa shape index (κ1) is 19.3. The zero-order valence-electron chi connectivity index (χ0n) is 15.2. The number of carbonyl (C=O) groups excluding carboxylic acids is 2. The third-order valence-electron chi connectivity index (χ3n) is 5.47. The maximum Gasteiger partial charge on any atom is 0.264 e. The van der Waals surface area contributed by atoms with E-state index in [0.29, 0.717) is 24.5 Å². The van der Waals surface area contributed by atoms with Gasteiger partial charge in [0.15, 0.2) is 0 Å². The quantitative estimate of drug-likeness (QED) is 0.837. The summed E-state index contributed by atoms with van der Waals surface area (Å²) in [5, 5.41) is 1.49. The molecule has 144 valence electrons. The molecule has 0 aromatic carbocycles. The summed E-state index contributed by atoms with van der Waals surface area (Å²) in [5.74, 6) is -0.0850. The lowest BCUT2D eigenvalue weighted by Crippen LogP contribution is -2.65. The molecule has 7 nitrogen and oxygen atoms in total. The van der Waals surface area contributed by atoms with Crippen LogP contribution in [0.15, 0.2) is 16.3 Å². The maximum absolute atomic E-state index is 12.9. The van der Waals surface area contributed by atoms with Crippen molar-refractivity contribution < 1.29 is 18.0 Å². The summed E-state index contributed by atoms with van der Waals surface area (Å²) in [5.41, 5.74) is -0.269. The van der Waals surface area contributed by atoms with Crippen LogP contribution in [0.5, 0.6) is 0 Å². The second kappa shape index (κ2) is 7.28. The summed E-state index contributed by atoms with van der Waals surface area (Å²) in [6, 6.07) is 1.43. The minimum Gasteiger partial charge on any atom is -0.334 e. The van der Waals surface area contributed by atoms with Crippen molar-refractivity contribution in [2.45, 2.75) is 49.5 Å². The lowest BCUT2D eigenvalue weighted by atomic mass is 9.78. The third kappa shape index (κ3) is 3.52. The zero-order valence-corrected chi connectivity index (χ0v) is 16.8. The summed E-state index contributed by atoms with van der Waals surface area (Å²) < 4.78 is 26.1. The Bertz CT molecular complexity index is 797. The molecule has 0 bridgehead atoms. The number of nitrogens with one attached hydrogen (secondary N) is 1. The molecule has 2 heterocycles. The van der Waals surface area contributed by atoms with Crippen LogP contribution in [-0.2, 0) is 14.8 Å². The van der Waals surface area contributed by atoms with Gasteiger partial charge in [-0.1, -0.05) is 19.3 Å². The molecule has 1 N–H and O–H groups in total. The Morgan fingerprint density at radius 2 is 1.88 bits per heavy atom. The van der Waals surface area contributed by atoms with Gasteiger partial charge >= 0.3 is 0 Å². The monoisotopic (exact) mass is 399 g/mol. The Kier molecular flexibility index (Phi) is 5.41. The molecule has 0 radical (unpaired) electrons. The number of hydrogen-bond acceptors (Lipinski definition) is 5. The second-order valence-electron chi connectivity index (χ2n) is 7.04. The number of amides is 2. The van der Waals surface area contributed by atoms with E-state index in [0.717, 1.165) is 43.4 Å². The highest BCUT2D eigenvalue weighted by Crippen LogP contribution is 2.37. The molecular formula is C17H25N3O4S2. The number of carbonyl (C=O) groups is 2. The van der Waals surface area contributed by atoms with E-state index in [1.54, 1.807) is 11.8 Å². The molecule has 1 aliphatic heterocycles. The molecule has 2 fully saturated rings. The summed E-state index contributed by atoms with van der Waals surface area (Å²) in [4.78, 5) is 29.3. The normalized spacial score (nSPS) is 20.4. The molecule has 1 aliphatic carbocycles. The SMILES string of the molecule is CNS(=O)(=O)c1csc(C(=O)N2CCN(C(C)=O)C3(CCCCC3)C2)c1. The van der Waals surface area contributed by atoms with Crippen molar-refractivity contribution >= 4 is 33.2 Å². The number of piperazine rings is 1. The molecule has 1 spiro atoms. The molecule has 1 aromatic heterocycles. The van der Waals surface area contributed by atoms with E-state index in [1.807, 2.05) is 4.90 Å². The van der Waals surface area contributed by atoms with Crippen LogP contribution in [-0.4, -0.2) is 62.3 Å². The van der Waals surface area contributed by atoms with Crippen LogP contribution < -0.4 is 4.72 Å². The number of sulfonamides is 1. The van der Waals surface area contributed by atoms with Crippen molar-refractivity contribution in [1.29, 1.82) is 0 Å². The molecular weight excluding hydrogens is 374 g/mol. The van der Waals surface area contributed by atoms with Crippen LogP contribution in [0, 0.1) is 0 Å². The van der Waals surface area contributed by atoms with Crippen LogP contribution in [0.3, 0.4) is 0 Å². The fraction of sp³-hybridized carbons (Fsp3) is 0.647. The number of hydrogen-bond donors (Lipinski definition) is 1. The van der Waals surface area contributed by atoms with Crippen molar-refractivity contribution in [2.75, 3.05) is 26.7 Å². The Morgan fingerprint density at radius 3 is 2.50 bits per heavy atom. The molecule has 1 saturated carbocycles. The van der Waals surface area contributed by atoms with Gasteiger partial charge in [0, 0.05) is 31.9 Å². The van der Waals surface area contributed by atoms with E-state index in [1.165, 1.54) is 18.5 Å². The van der Waals surface area contributed by atoms with Gasteiger partial charge in [-0.2, -0.15) is 0 Å². The van der Waals surface area contributed by atoms with Crippen molar-refractivity contribution in [3.05, 3.63) is 16.3 Å². The molecule has 3 rings (SSSR count). The van der Waals surface area contributed by atoms with E-state index >= 15 is 0 Å². The maximum atomic E-state index is 12.9. The highest BCUT2D eigenvalue weighted by atomic mass is 32.2. The number of nitrogens with zero attached hydrogens (tertiary/aromatic N) is 2. The average molecular weight is 400 g/mol. The molecule has 1 saturated heterocycles. The van der Waals surface area contributed by atoms with Gasteiger partial charge in [0.2, 0.25) is 15.9 Å². The molecule has 26 heavy (non-hydrogen) atoms. The zero-order chi connectivity index (χ0) is 18.9. The van der Waals surface area contributed by atoms with E-state index in [9.17, 15) is 18.0 Å². The largest absolute Gasteiger partial charge is 0.334 e. The summed E-state index contributed by atoms with van der Waals surface area (Å²) in [6.07, 6.45) is 5.13. The molecule has 2 amide bonds. The van der Waals surface area contributed by atoms with Gasteiger partial charge in [-0.15, -0.1) is 11.3 Å². The van der Waals surface area contributed by atoms with Gasteiger partial charge in [-0.25, -0.2) is 13.1 Å². The van der Waals surface area contributed by atoms with Crippen LogP contribution in [0.2, 0.25) is 0 Å². The smallest absolute Gasteiger partial charge is 0.264 e. The van der Waals surface area contributed by atoms with E-state index in [2.05, 4.69) is 4.72 Å². The molecule has 2 aliphatic rings. The second-order valence-corrected chi connectivity index (χ2v) is 9.83. The lowest BCUT2D eigenvalue weighted by molar-refractivity contribution is -0.141. The summed E-state index contributed by atoms with van der Waals surface area (Å²) >= 11 is 1.14. The summed E-state index contributed by atoms with van der Waals surface area (Å²) in [7, 11) is -2.20. The highest BCUT2D eigenvalue weighted by molar-refractivity contribution is 7.89. The standard InChI is InChI=1S/C17H25N3O4S2/c1-13(21)20-9-8-19(12-17(20)6-4-3-5-7-17)16(22)15-10-14(11-25-15)26(23,24)18-2/h10-11,18H,3-9,12H2,1-2H3. The first-order valence-electron chi connectivity index (χ1n) is 8.89. The number of thiophene rings is 1. The Hall–Kier alpha value is -1.45. The number of rotatable bonds is 3. The molecule has 1 aromatic rings. The summed E-state index contributed by atoms with van der Waals surface area (Å²) in [6.45, 7) is 3.14. The third-order valence-corrected chi connectivity index (χ3v) is 7.93. The van der Waals surface area contributed by atoms with E-state index in [4.69, 9.17) is 0 Å². The first-order valence-corrected chi connectivity index (χ1v) is 11.2. The lowest BCUT2D eigenvalue weighted by Gasteiger charge is -2.52. The van der Waals surface area contributed by atoms with Crippen molar-refractivity contribution in [3.63, 3.8) is 0 Å². The van der Waals surface area contributed by atoms with Crippen LogP contribution >= 0.6 is 11.3 Å². The van der Waals surface area contributed by atoms with Crippen molar-refractivity contribution in [3.8, 4) is 0 Å². The molecule has 0 atom stereocenters. The highest BCUT2D eigenvalue weighted by Gasteiger charge is 2.45. The Labute approximate surface area is 158 Å². The van der Waals surface area contributed by atoms with Crippen LogP contribution in [0.4, 0.5) is 0 Å². The van der Waals surface area contributed by atoms with Gasteiger partial charge in [0.1, 0.15) is 0 Å². The average Bonchev–Trinajstić information content (AvgIpc) is 3.12. The van der Waals surface area contributed by atoms with E-state index < -0.39 is 10.0 Å². The van der Waals surface area contributed by atoms with Crippen LogP contribution in [0.1, 0.15) is 48.7 Å². The van der Waals surface area contributed by atoms with Gasteiger partial charge in [-0.3, -0.25) is 9.59 Å². The predicted molar refractivity (Wildman–Crippen MR) is 99.7 cm³/mol. The minimum atomic E-state index is -3.55. The van der Waals surface area contributed by atoms with Gasteiger partial charge in [0.05, 0.1) is 15.3 Å². The molecule has 0 unspecified atom stereocenters. The topological polar surface area (TPSA) is 86.8 Å². The molecule has 9 heteroatoms. The Balaban J connectivity index is 1.82. The first-order chi connectivity index (χ1) is 12.3. The van der Waals surface area contributed by atoms with Gasteiger partial charge in [-0.05, 0) is 26.0 Å². The fourth-order valence-electron chi connectivity index (χ4n) is 4.13. The van der Waals surface area contributed by atoms with Gasteiger partial charge in [0.25, 0.3) is 5.91 Å². The van der Waals surface area contributed by atoms with Gasteiger partial charge < -0.3 is 9.80 Å². The minimum absolute atomic E-state index is 0.0672. The fourth-order valence-corrected chi connectivity index (χ4v) is 6.10.